The summed E-state index contributed by atoms with van der Waals surface area (Å²) in [6, 6.07) is 13.4. The van der Waals surface area contributed by atoms with E-state index in [1.165, 1.54) is 0 Å². The summed E-state index contributed by atoms with van der Waals surface area (Å²) >= 11 is 0. The number of esters is 1. The number of carbonyl (C=O) groups excluding carboxylic acids is 2. The molecule has 1 amide bonds. The summed E-state index contributed by atoms with van der Waals surface area (Å²) in [5.74, 6) is -0.449. The van der Waals surface area contributed by atoms with Crippen LogP contribution in [0.25, 0.3) is 10.8 Å². The van der Waals surface area contributed by atoms with Gasteiger partial charge in [0.1, 0.15) is 6.61 Å². The van der Waals surface area contributed by atoms with Gasteiger partial charge in [-0.1, -0.05) is 56.7 Å². The second-order valence-corrected chi connectivity index (χ2v) is 6.48. The number of rotatable bonds is 9. The van der Waals surface area contributed by atoms with Gasteiger partial charge in [0.2, 0.25) is 5.91 Å². The molecule has 2 aromatic rings. The SMILES string of the molecule is C=C(C)C(=O)N(CCCCC)CCOC(=O)c1ccc2ccccc2c1. The maximum absolute atomic E-state index is 12.3. The Kier molecular flexibility index (Phi) is 7.39. The Labute approximate surface area is 155 Å². The lowest BCUT2D eigenvalue weighted by molar-refractivity contribution is -0.127. The fourth-order valence-electron chi connectivity index (χ4n) is 2.79. The van der Waals surface area contributed by atoms with Crippen LogP contribution in [-0.2, 0) is 9.53 Å². The first-order valence-corrected chi connectivity index (χ1v) is 9.13. The minimum Gasteiger partial charge on any atom is -0.460 e. The second-order valence-electron chi connectivity index (χ2n) is 6.48. The van der Waals surface area contributed by atoms with Gasteiger partial charge in [0, 0.05) is 12.1 Å². The van der Waals surface area contributed by atoms with E-state index in [0.29, 0.717) is 24.2 Å². The van der Waals surface area contributed by atoms with Crippen LogP contribution < -0.4 is 0 Å². The molecular formula is C22H27NO3. The predicted octanol–water partition coefficient (Wildman–Crippen LogP) is 4.59. The third kappa shape index (κ3) is 5.45. The van der Waals surface area contributed by atoms with Gasteiger partial charge in [-0.05, 0) is 36.2 Å². The Balaban J connectivity index is 1.92. The fraction of sp³-hybridized carbons (Fsp3) is 0.364. The van der Waals surface area contributed by atoms with Crippen molar-refractivity contribution in [3.63, 3.8) is 0 Å². The Bertz CT molecular complexity index is 782. The monoisotopic (exact) mass is 353 g/mol. The molecule has 0 aliphatic carbocycles. The van der Waals surface area contributed by atoms with Crippen LogP contribution in [0.5, 0.6) is 0 Å². The van der Waals surface area contributed by atoms with Crippen LogP contribution in [0.1, 0.15) is 43.5 Å². The zero-order valence-electron chi connectivity index (χ0n) is 15.7. The molecule has 0 fully saturated rings. The molecule has 4 heteroatoms. The van der Waals surface area contributed by atoms with E-state index in [9.17, 15) is 9.59 Å². The van der Waals surface area contributed by atoms with Crippen LogP contribution >= 0.6 is 0 Å². The van der Waals surface area contributed by atoms with Crippen molar-refractivity contribution < 1.29 is 14.3 Å². The lowest BCUT2D eigenvalue weighted by atomic mass is 10.1. The molecule has 0 bridgehead atoms. The highest BCUT2D eigenvalue weighted by atomic mass is 16.5. The van der Waals surface area contributed by atoms with Gasteiger partial charge in [-0.15, -0.1) is 0 Å². The van der Waals surface area contributed by atoms with Crippen molar-refractivity contribution in [3.8, 4) is 0 Å². The van der Waals surface area contributed by atoms with Crippen LogP contribution in [0.15, 0.2) is 54.6 Å². The molecule has 4 nitrogen and oxygen atoms in total. The number of unbranched alkanes of at least 4 members (excludes halogenated alkanes) is 2. The number of fused-ring (bicyclic) bond motifs is 1. The molecule has 138 valence electrons. The van der Waals surface area contributed by atoms with E-state index in [1.54, 1.807) is 17.9 Å². The van der Waals surface area contributed by atoms with Crippen LogP contribution in [-0.4, -0.2) is 36.5 Å². The van der Waals surface area contributed by atoms with Crippen LogP contribution in [0, 0.1) is 0 Å². The van der Waals surface area contributed by atoms with Crippen molar-refractivity contribution in [2.45, 2.75) is 33.1 Å². The molecule has 0 N–H and O–H groups in total. The average Bonchev–Trinajstić information content (AvgIpc) is 2.65. The number of benzene rings is 2. The molecule has 0 saturated heterocycles. The molecule has 0 aromatic heterocycles. The van der Waals surface area contributed by atoms with Crippen LogP contribution in [0.3, 0.4) is 0 Å². The predicted molar refractivity (Wildman–Crippen MR) is 105 cm³/mol. The normalized spacial score (nSPS) is 10.5. The van der Waals surface area contributed by atoms with Gasteiger partial charge in [-0.2, -0.15) is 0 Å². The Morgan fingerprint density at radius 3 is 2.46 bits per heavy atom. The third-order valence-corrected chi connectivity index (χ3v) is 4.26. The van der Waals surface area contributed by atoms with E-state index < -0.39 is 0 Å². The molecule has 0 heterocycles. The summed E-state index contributed by atoms with van der Waals surface area (Å²) in [5.41, 5.74) is 1.02. The quantitative estimate of drug-likeness (QED) is 0.376. The maximum Gasteiger partial charge on any atom is 0.338 e. The number of ether oxygens (including phenoxy) is 1. The summed E-state index contributed by atoms with van der Waals surface area (Å²) in [4.78, 5) is 26.2. The molecule has 26 heavy (non-hydrogen) atoms. The van der Waals surface area contributed by atoms with E-state index in [-0.39, 0.29) is 18.5 Å². The standard InChI is InChI=1S/C22H27NO3/c1-4-5-8-13-23(21(24)17(2)3)14-15-26-22(25)20-12-11-18-9-6-7-10-19(18)16-20/h6-7,9-12,16H,2,4-5,8,13-15H2,1,3H3. The molecule has 0 atom stereocenters. The lowest BCUT2D eigenvalue weighted by Crippen LogP contribution is -2.35. The molecule has 0 aliphatic rings. The lowest BCUT2D eigenvalue weighted by Gasteiger charge is -2.22. The zero-order valence-corrected chi connectivity index (χ0v) is 15.7. The van der Waals surface area contributed by atoms with Gasteiger partial charge in [0.15, 0.2) is 0 Å². The first kappa shape index (κ1) is 19.7. The highest BCUT2D eigenvalue weighted by Gasteiger charge is 2.15. The second kappa shape index (κ2) is 9.76. The maximum atomic E-state index is 12.3. The van der Waals surface area contributed by atoms with E-state index in [0.717, 1.165) is 30.0 Å². The Hall–Kier alpha value is -2.62. The number of hydrogen-bond donors (Lipinski definition) is 0. The molecule has 2 rings (SSSR count). The summed E-state index contributed by atoms with van der Waals surface area (Å²) in [6.45, 7) is 8.77. The smallest absolute Gasteiger partial charge is 0.338 e. The molecule has 0 aliphatic heterocycles. The minimum absolute atomic E-state index is 0.0807. The molecule has 2 aromatic carbocycles. The number of carbonyl (C=O) groups is 2. The minimum atomic E-state index is -0.368. The summed E-state index contributed by atoms with van der Waals surface area (Å²) in [6.07, 6.45) is 3.09. The van der Waals surface area contributed by atoms with Crippen LogP contribution in [0.4, 0.5) is 0 Å². The first-order valence-electron chi connectivity index (χ1n) is 9.13. The van der Waals surface area contributed by atoms with Gasteiger partial charge in [0.25, 0.3) is 0 Å². The van der Waals surface area contributed by atoms with E-state index in [1.807, 2.05) is 36.4 Å². The highest BCUT2D eigenvalue weighted by Crippen LogP contribution is 2.16. The van der Waals surface area contributed by atoms with Gasteiger partial charge in [-0.3, -0.25) is 4.79 Å². The number of amides is 1. The van der Waals surface area contributed by atoms with Gasteiger partial charge < -0.3 is 9.64 Å². The molecule has 0 unspecified atom stereocenters. The van der Waals surface area contributed by atoms with E-state index in [2.05, 4.69) is 13.5 Å². The Morgan fingerprint density at radius 1 is 1.04 bits per heavy atom. The van der Waals surface area contributed by atoms with Crippen molar-refractivity contribution in [1.82, 2.24) is 4.90 Å². The van der Waals surface area contributed by atoms with Crippen molar-refractivity contribution in [1.29, 1.82) is 0 Å². The number of hydrogen-bond acceptors (Lipinski definition) is 3. The van der Waals surface area contributed by atoms with Crippen molar-refractivity contribution in [3.05, 3.63) is 60.2 Å². The van der Waals surface area contributed by atoms with Gasteiger partial charge in [0.05, 0.1) is 12.1 Å². The van der Waals surface area contributed by atoms with Crippen molar-refractivity contribution in [2.24, 2.45) is 0 Å². The summed E-state index contributed by atoms with van der Waals surface area (Å²) in [7, 11) is 0. The third-order valence-electron chi connectivity index (χ3n) is 4.26. The zero-order chi connectivity index (χ0) is 18.9. The van der Waals surface area contributed by atoms with E-state index in [4.69, 9.17) is 4.74 Å². The first-order chi connectivity index (χ1) is 12.5. The van der Waals surface area contributed by atoms with Crippen LogP contribution in [0.2, 0.25) is 0 Å². The van der Waals surface area contributed by atoms with Gasteiger partial charge >= 0.3 is 5.97 Å². The largest absolute Gasteiger partial charge is 0.460 e. The fourth-order valence-corrected chi connectivity index (χ4v) is 2.79. The van der Waals surface area contributed by atoms with Crippen molar-refractivity contribution >= 4 is 22.6 Å². The molecular weight excluding hydrogens is 326 g/mol. The summed E-state index contributed by atoms with van der Waals surface area (Å²) < 4.78 is 5.38. The average molecular weight is 353 g/mol. The van der Waals surface area contributed by atoms with Crippen molar-refractivity contribution in [2.75, 3.05) is 19.7 Å². The van der Waals surface area contributed by atoms with E-state index >= 15 is 0 Å². The molecule has 0 saturated carbocycles. The molecule has 0 radical (unpaired) electrons. The van der Waals surface area contributed by atoms with Gasteiger partial charge in [-0.25, -0.2) is 4.79 Å². The number of nitrogens with zero attached hydrogens (tertiary/aromatic N) is 1. The molecule has 0 spiro atoms. The Morgan fingerprint density at radius 2 is 1.77 bits per heavy atom. The topological polar surface area (TPSA) is 46.6 Å². The summed E-state index contributed by atoms with van der Waals surface area (Å²) in [5, 5.41) is 2.08. The highest BCUT2D eigenvalue weighted by molar-refractivity contribution is 5.95.